The maximum absolute atomic E-state index is 11.2. The smallest absolute Gasteiger partial charge is 0.337 e. The largest absolute Gasteiger partial charge is 0.458 e. The summed E-state index contributed by atoms with van der Waals surface area (Å²) < 4.78 is 4.95. The molecule has 78 valence electrons. The van der Waals surface area contributed by atoms with Gasteiger partial charge in [0.25, 0.3) is 0 Å². The monoisotopic (exact) mass is 189 g/mol. The highest BCUT2D eigenvalue weighted by molar-refractivity contribution is 5.75. The minimum absolute atomic E-state index is 0.542. The maximum Gasteiger partial charge on any atom is 0.337 e. The zero-order valence-corrected chi connectivity index (χ0v) is 8.70. The van der Waals surface area contributed by atoms with Crippen molar-refractivity contribution in [3.8, 4) is 0 Å². The quantitative estimate of drug-likeness (QED) is 0.631. The third kappa shape index (κ3) is 4.85. The summed E-state index contributed by atoms with van der Waals surface area (Å²) >= 11 is 0. The summed E-state index contributed by atoms with van der Waals surface area (Å²) in [4.78, 5) is 11.2. The molecule has 0 saturated heterocycles. The molecule has 0 spiro atoms. The second-order valence-electron chi connectivity index (χ2n) is 4.05. The lowest BCUT2D eigenvalue weighted by Gasteiger charge is -2.23. The number of ether oxygens (including phenoxy) is 1. The number of carbonyl (C=O) groups excluding carboxylic acids is 1. The van der Waals surface area contributed by atoms with E-state index in [1.165, 1.54) is 0 Å². The molecular formula is C9H19NO3. The molecule has 0 aliphatic carbocycles. The van der Waals surface area contributed by atoms with Gasteiger partial charge in [-0.2, -0.15) is 0 Å². The topological polar surface area (TPSA) is 72.5 Å². The zero-order valence-electron chi connectivity index (χ0n) is 8.70. The van der Waals surface area contributed by atoms with E-state index in [-0.39, 0.29) is 0 Å². The van der Waals surface area contributed by atoms with Crippen LogP contribution in [0.25, 0.3) is 0 Å². The van der Waals surface area contributed by atoms with Gasteiger partial charge in [0.2, 0.25) is 0 Å². The van der Waals surface area contributed by atoms with Gasteiger partial charge in [0.05, 0.1) is 0 Å². The Morgan fingerprint density at radius 2 is 2.00 bits per heavy atom. The second-order valence-corrected chi connectivity index (χ2v) is 4.05. The van der Waals surface area contributed by atoms with E-state index < -0.39 is 23.7 Å². The standard InChI is InChI=1S/C9H19NO3/c1-5-6(10)7(11)8(12)13-9(2,3)4/h6-7,11H,5,10H2,1-4H3/t6?,7-/m0/s1. The summed E-state index contributed by atoms with van der Waals surface area (Å²) in [6.07, 6.45) is -0.676. The molecular weight excluding hydrogens is 170 g/mol. The zero-order chi connectivity index (χ0) is 10.6. The van der Waals surface area contributed by atoms with E-state index in [1.807, 2.05) is 0 Å². The molecule has 0 aromatic rings. The third-order valence-corrected chi connectivity index (χ3v) is 1.53. The molecule has 0 radical (unpaired) electrons. The molecule has 0 heterocycles. The average molecular weight is 189 g/mol. The van der Waals surface area contributed by atoms with Crippen LogP contribution >= 0.6 is 0 Å². The van der Waals surface area contributed by atoms with Gasteiger partial charge in [-0.15, -0.1) is 0 Å². The first kappa shape index (κ1) is 12.4. The number of carbonyl (C=O) groups is 1. The van der Waals surface area contributed by atoms with Crippen LogP contribution in [0.2, 0.25) is 0 Å². The highest BCUT2D eigenvalue weighted by atomic mass is 16.6. The van der Waals surface area contributed by atoms with E-state index in [0.717, 1.165) is 0 Å². The van der Waals surface area contributed by atoms with Crippen molar-refractivity contribution in [2.45, 2.75) is 51.9 Å². The fraction of sp³-hybridized carbons (Fsp3) is 0.889. The summed E-state index contributed by atoms with van der Waals surface area (Å²) in [5.74, 6) is -0.651. The Morgan fingerprint density at radius 1 is 1.54 bits per heavy atom. The van der Waals surface area contributed by atoms with Crippen LogP contribution in [0.3, 0.4) is 0 Å². The molecule has 4 heteroatoms. The molecule has 13 heavy (non-hydrogen) atoms. The Kier molecular flexibility index (Phi) is 4.36. The van der Waals surface area contributed by atoms with E-state index >= 15 is 0 Å². The number of hydrogen-bond donors (Lipinski definition) is 2. The first-order chi connectivity index (χ1) is 5.78. The third-order valence-electron chi connectivity index (χ3n) is 1.53. The molecule has 0 aliphatic rings. The molecule has 0 aromatic heterocycles. The lowest BCUT2D eigenvalue weighted by molar-refractivity contribution is -0.166. The molecule has 0 rings (SSSR count). The number of aliphatic hydroxyl groups excluding tert-OH is 1. The predicted octanol–water partition coefficient (Wildman–Crippen LogP) is 0.426. The molecule has 0 fully saturated rings. The molecule has 0 aliphatic heterocycles. The lowest BCUT2D eigenvalue weighted by atomic mass is 10.1. The van der Waals surface area contributed by atoms with Gasteiger partial charge in [0.1, 0.15) is 5.60 Å². The lowest BCUT2D eigenvalue weighted by Crippen LogP contribution is -2.43. The Hall–Kier alpha value is -0.610. The Balaban J connectivity index is 4.12. The molecule has 2 atom stereocenters. The van der Waals surface area contributed by atoms with E-state index in [1.54, 1.807) is 27.7 Å². The van der Waals surface area contributed by atoms with Crippen molar-refractivity contribution in [1.82, 2.24) is 0 Å². The fourth-order valence-electron chi connectivity index (χ4n) is 0.760. The van der Waals surface area contributed by atoms with Gasteiger partial charge in [-0.3, -0.25) is 0 Å². The summed E-state index contributed by atoms with van der Waals surface area (Å²) in [6, 6.07) is -0.546. The van der Waals surface area contributed by atoms with E-state index in [9.17, 15) is 9.90 Å². The van der Waals surface area contributed by atoms with Crippen molar-refractivity contribution < 1.29 is 14.6 Å². The maximum atomic E-state index is 11.2. The van der Waals surface area contributed by atoms with Gasteiger partial charge in [-0.25, -0.2) is 4.79 Å². The molecule has 0 amide bonds. The predicted molar refractivity (Wildman–Crippen MR) is 50.1 cm³/mol. The number of nitrogens with two attached hydrogens (primary N) is 1. The second kappa shape index (κ2) is 4.58. The molecule has 1 unspecified atom stereocenters. The van der Waals surface area contributed by atoms with Crippen LogP contribution in [-0.2, 0) is 9.53 Å². The number of aliphatic hydroxyl groups is 1. The number of hydrogen-bond acceptors (Lipinski definition) is 4. The summed E-state index contributed by atoms with van der Waals surface area (Å²) in [7, 11) is 0. The average Bonchev–Trinajstić information content (AvgIpc) is 1.98. The van der Waals surface area contributed by atoms with Crippen LogP contribution in [0.5, 0.6) is 0 Å². The normalized spacial score (nSPS) is 16.5. The van der Waals surface area contributed by atoms with Crippen molar-refractivity contribution in [2.24, 2.45) is 5.73 Å². The van der Waals surface area contributed by atoms with Crippen LogP contribution < -0.4 is 5.73 Å². The minimum Gasteiger partial charge on any atom is -0.458 e. The molecule has 0 bridgehead atoms. The van der Waals surface area contributed by atoms with Gasteiger partial charge >= 0.3 is 5.97 Å². The highest BCUT2D eigenvalue weighted by Gasteiger charge is 2.26. The minimum atomic E-state index is -1.22. The van der Waals surface area contributed by atoms with Crippen LogP contribution in [-0.4, -0.2) is 28.8 Å². The van der Waals surface area contributed by atoms with Crippen molar-refractivity contribution in [1.29, 1.82) is 0 Å². The van der Waals surface area contributed by atoms with E-state index in [0.29, 0.717) is 6.42 Å². The van der Waals surface area contributed by atoms with Crippen LogP contribution in [0.4, 0.5) is 0 Å². The van der Waals surface area contributed by atoms with Crippen molar-refractivity contribution in [3.63, 3.8) is 0 Å². The first-order valence-electron chi connectivity index (χ1n) is 4.44. The van der Waals surface area contributed by atoms with Gasteiger partial charge < -0.3 is 15.6 Å². The van der Waals surface area contributed by atoms with E-state index in [4.69, 9.17) is 10.5 Å². The van der Waals surface area contributed by atoms with Crippen molar-refractivity contribution in [2.75, 3.05) is 0 Å². The Bertz CT molecular complexity index is 174. The van der Waals surface area contributed by atoms with Crippen molar-refractivity contribution in [3.05, 3.63) is 0 Å². The SMILES string of the molecule is CCC(N)[C@H](O)C(=O)OC(C)(C)C. The molecule has 3 N–H and O–H groups in total. The highest BCUT2D eigenvalue weighted by Crippen LogP contribution is 2.09. The van der Waals surface area contributed by atoms with Crippen LogP contribution in [0.15, 0.2) is 0 Å². The first-order valence-corrected chi connectivity index (χ1v) is 4.44. The fourth-order valence-corrected chi connectivity index (χ4v) is 0.760. The molecule has 0 aromatic carbocycles. The summed E-state index contributed by atoms with van der Waals surface area (Å²) in [5.41, 5.74) is 4.91. The van der Waals surface area contributed by atoms with Gasteiger partial charge in [-0.1, -0.05) is 6.92 Å². The van der Waals surface area contributed by atoms with Crippen LogP contribution in [0, 0.1) is 0 Å². The van der Waals surface area contributed by atoms with E-state index in [2.05, 4.69) is 0 Å². The van der Waals surface area contributed by atoms with Gasteiger partial charge in [0.15, 0.2) is 6.10 Å². The summed E-state index contributed by atoms with van der Waals surface area (Å²) in [6.45, 7) is 7.04. The molecule has 0 saturated carbocycles. The number of rotatable bonds is 3. The number of esters is 1. The van der Waals surface area contributed by atoms with Gasteiger partial charge in [0, 0.05) is 6.04 Å². The Labute approximate surface area is 79.1 Å². The Morgan fingerprint density at radius 3 is 2.31 bits per heavy atom. The summed E-state index contributed by atoms with van der Waals surface area (Å²) in [5, 5.41) is 9.35. The van der Waals surface area contributed by atoms with Crippen molar-refractivity contribution >= 4 is 5.97 Å². The molecule has 4 nitrogen and oxygen atoms in total. The van der Waals surface area contributed by atoms with Gasteiger partial charge in [-0.05, 0) is 27.2 Å². The van der Waals surface area contributed by atoms with Crippen LogP contribution in [0.1, 0.15) is 34.1 Å².